The topological polar surface area (TPSA) is 88.7 Å². The molecule has 1 saturated heterocycles. The fraction of sp³-hybridized carbons (Fsp3) is 0.450. The molecule has 7 heteroatoms. The van der Waals surface area contributed by atoms with Crippen LogP contribution in [0, 0.1) is 0 Å². The number of para-hydroxylation sites is 1. The highest BCUT2D eigenvalue weighted by atomic mass is 16.5. The lowest BCUT2D eigenvalue weighted by atomic mass is 9.90. The highest BCUT2D eigenvalue weighted by Crippen LogP contribution is 2.28. The van der Waals surface area contributed by atoms with Gasteiger partial charge in [-0.3, -0.25) is 9.59 Å². The molecule has 1 saturated carbocycles. The van der Waals surface area contributed by atoms with E-state index in [1.807, 2.05) is 0 Å². The first kappa shape index (κ1) is 17.7. The Bertz CT molecular complexity index is 920. The molecular weight excluding hydrogens is 348 g/mol. The van der Waals surface area contributed by atoms with E-state index in [0.717, 1.165) is 25.7 Å². The minimum absolute atomic E-state index is 0.0686. The van der Waals surface area contributed by atoms with Crippen LogP contribution in [0.1, 0.15) is 36.0 Å². The van der Waals surface area contributed by atoms with Gasteiger partial charge in [0.05, 0.1) is 24.3 Å². The van der Waals surface area contributed by atoms with Crippen molar-refractivity contribution in [2.24, 2.45) is 0 Å². The minimum Gasteiger partial charge on any atom is -0.452 e. The van der Waals surface area contributed by atoms with Gasteiger partial charge in [-0.1, -0.05) is 31.0 Å². The van der Waals surface area contributed by atoms with Crippen LogP contribution in [0.25, 0.3) is 10.9 Å². The molecule has 1 aromatic heterocycles. The summed E-state index contributed by atoms with van der Waals surface area (Å²) in [6.45, 7) is 0.703. The number of carbonyl (C=O) groups excluding carboxylic acids is 2. The smallest absolute Gasteiger partial charge is 0.339 e. The highest BCUT2D eigenvalue weighted by Gasteiger charge is 2.36. The van der Waals surface area contributed by atoms with E-state index in [1.54, 1.807) is 29.2 Å². The first-order chi connectivity index (χ1) is 13.1. The lowest BCUT2D eigenvalue weighted by Crippen LogP contribution is -2.55. The van der Waals surface area contributed by atoms with Gasteiger partial charge >= 0.3 is 5.97 Å². The maximum absolute atomic E-state index is 12.6. The molecule has 1 amide bonds. The van der Waals surface area contributed by atoms with Crippen molar-refractivity contribution >= 4 is 22.8 Å². The number of nitrogens with one attached hydrogen (secondary N) is 1. The second-order valence-corrected chi connectivity index (χ2v) is 7.02. The average Bonchev–Trinajstić information content (AvgIpc) is 2.70. The minimum atomic E-state index is -0.667. The summed E-state index contributed by atoms with van der Waals surface area (Å²) in [6.07, 6.45) is 4.17. The summed E-state index contributed by atoms with van der Waals surface area (Å²) in [7, 11) is 0. The fourth-order valence-corrected chi connectivity index (χ4v) is 4.07. The monoisotopic (exact) mass is 370 g/mol. The molecule has 7 nitrogen and oxygen atoms in total. The number of morpholine rings is 1. The fourth-order valence-electron chi connectivity index (χ4n) is 4.07. The molecule has 4 rings (SSSR count). The molecule has 2 fully saturated rings. The molecule has 0 radical (unpaired) electrons. The number of esters is 1. The second-order valence-electron chi connectivity index (χ2n) is 7.02. The third-order valence-corrected chi connectivity index (χ3v) is 5.35. The Balaban J connectivity index is 1.46. The van der Waals surface area contributed by atoms with E-state index in [0.29, 0.717) is 24.1 Å². The number of amides is 1. The number of aromatic nitrogens is 1. The van der Waals surface area contributed by atoms with Gasteiger partial charge < -0.3 is 19.4 Å². The molecule has 0 unspecified atom stereocenters. The predicted octanol–water partition coefficient (Wildman–Crippen LogP) is 1.85. The molecule has 1 aliphatic heterocycles. The third kappa shape index (κ3) is 3.60. The van der Waals surface area contributed by atoms with Gasteiger partial charge in [-0.15, -0.1) is 0 Å². The number of benzene rings is 1. The van der Waals surface area contributed by atoms with Crippen molar-refractivity contribution in [1.29, 1.82) is 0 Å². The van der Waals surface area contributed by atoms with E-state index in [9.17, 15) is 14.4 Å². The van der Waals surface area contributed by atoms with Crippen LogP contribution in [-0.4, -0.2) is 53.7 Å². The molecule has 142 valence electrons. The Labute approximate surface area is 156 Å². The quantitative estimate of drug-likeness (QED) is 0.833. The van der Waals surface area contributed by atoms with Crippen molar-refractivity contribution in [3.05, 3.63) is 46.2 Å². The maximum Gasteiger partial charge on any atom is 0.339 e. The highest BCUT2D eigenvalue weighted by molar-refractivity contribution is 6.03. The second kappa shape index (κ2) is 7.52. The first-order valence-corrected chi connectivity index (χ1v) is 9.34. The SMILES string of the molecule is O=C(OCC(=O)N1CCO[C@H]2CCCC[C@@H]21)c1cc(=O)[nH]c2ccccc12. The Kier molecular flexibility index (Phi) is 4.94. The van der Waals surface area contributed by atoms with Crippen LogP contribution >= 0.6 is 0 Å². The lowest BCUT2D eigenvalue weighted by Gasteiger charge is -2.43. The van der Waals surface area contributed by atoms with E-state index >= 15 is 0 Å². The molecular formula is C20H22N2O5. The molecule has 27 heavy (non-hydrogen) atoms. The van der Waals surface area contributed by atoms with Crippen molar-refractivity contribution in [3.63, 3.8) is 0 Å². The van der Waals surface area contributed by atoms with E-state index in [-0.39, 0.29) is 35.8 Å². The Morgan fingerprint density at radius 3 is 2.93 bits per heavy atom. The van der Waals surface area contributed by atoms with Crippen LogP contribution in [0.2, 0.25) is 0 Å². The summed E-state index contributed by atoms with van der Waals surface area (Å²) in [5, 5.41) is 0.591. The van der Waals surface area contributed by atoms with Gasteiger partial charge in [0.2, 0.25) is 5.56 Å². The maximum atomic E-state index is 12.6. The van der Waals surface area contributed by atoms with Crippen LogP contribution in [-0.2, 0) is 14.3 Å². The van der Waals surface area contributed by atoms with E-state index in [2.05, 4.69) is 4.98 Å². The number of hydrogen-bond acceptors (Lipinski definition) is 5. The van der Waals surface area contributed by atoms with Crippen LogP contribution in [0.4, 0.5) is 0 Å². The summed E-state index contributed by atoms with van der Waals surface area (Å²) >= 11 is 0. The third-order valence-electron chi connectivity index (χ3n) is 5.35. The largest absolute Gasteiger partial charge is 0.452 e. The van der Waals surface area contributed by atoms with Crippen molar-refractivity contribution in [2.45, 2.75) is 37.8 Å². The van der Waals surface area contributed by atoms with E-state index < -0.39 is 5.97 Å². The number of fused-ring (bicyclic) bond motifs is 2. The van der Waals surface area contributed by atoms with Gasteiger partial charge in [-0.25, -0.2) is 4.79 Å². The number of aromatic amines is 1. The molecule has 0 spiro atoms. The standard InChI is InChI=1S/C20H22N2O5/c23-18-11-14(13-5-1-2-6-15(13)21-18)20(25)27-12-19(24)22-9-10-26-17-8-4-3-7-16(17)22/h1-2,5-6,11,16-17H,3-4,7-10,12H2,(H,21,23)/t16-,17-/m0/s1. The van der Waals surface area contributed by atoms with Gasteiger partial charge in [0.1, 0.15) is 0 Å². The number of pyridine rings is 1. The van der Waals surface area contributed by atoms with Crippen molar-refractivity contribution in [3.8, 4) is 0 Å². The van der Waals surface area contributed by atoms with Crippen molar-refractivity contribution < 1.29 is 19.1 Å². The summed E-state index contributed by atoms with van der Waals surface area (Å²) in [5.74, 6) is -0.878. The predicted molar refractivity (Wildman–Crippen MR) is 98.6 cm³/mol. The van der Waals surface area contributed by atoms with Crippen LogP contribution < -0.4 is 5.56 Å². The number of carbonyl (C=O) groups is 2. The summed E-state index contributed by atoms with van der Waals surface area (Å²) in [4.78, 5) is 41.4. The van der Waals surface area contributed by atoms with Gasteiger partial charge in [0, 0.05) is 23.5 Å². The zero-order chi connectivity index (χ0) is 18.8. The zero-order valence-corrected chi connectivity index (χ0v) is 15.0. The van der Waals surface area contributed by atoms with E-state index in [4.69, 9.17) is 9.47 Å². The molecule has 2 aromatic rings. The molecule has 1 aliphatic carbocycles. The van der Waals surface area contributed by atoms with Crippen LogP contribution in [0.15, 0.2) is 35.1 Å². The summed E-state index contributed by atoms with van der Waals surface area (Å²) < 4.78 is 11.0. The Hall–Kier alpha value is -2.67. The number of ether oxygens (including phenoxy) is 2. The zero-order valence-electron chi connectivity index (χ0n) is 15.0. The average molecular weight is 370 g/mol. The van der Waals surface area contributed by atoms with Crippen LogP contribution in [0.3, 0.4) is 0 Å². The Morgan fingerprint density at radius 1 is 1.22 bits per heavy atom. The van der Waals surface area contributed by atoms with Gasteiger partial charge in [-0.05, 0) is 18.9 Å². The molecule has 2 heterocycles. The molecule has 1 N–H and O–H groups in total. The molecule has 1 aromatic carbocycles. The normalized spacial score (nSPS) is 22.3. The van der Waals surface area contributed by atoms with Crippen molar-refractivity contribution in [1.82, 2.24) is 9.88 Å². The number of rotatable bonds is 3. The lowest BCUT2D eigenvalue weighted by molar-refractivity contribution is -0.152. The van der Waals surface area contributed by atoms with Gasteiger partial charge in [-0.2, -0.15) is 0 Å². The number of hydrogen-bond donors (Lipinski definition) is 1. The van der Waals surface area contributed by atoms with Gasteiger partial charge in [0.25, 0.3) is 5.91 Å². The molecule has 0 bridgehead atoms. The van der Waals surface area contributed by atoms with Gasteiger partial charge in [0.15, 0.2) is 6.61 Å². The molecule has 2 atom stereocenters. The van der Waals surface area contributed by atoms with Crippen molar-refractivity contribution in [2.75, 3.05) is 19.8 Å². The van der Waals surface area contributed by atoms with Crippen LogP contribution in [0.5, 0.6) is 0 Å². The summed E-state index contributed by atoms with van der Waals surface area (Å²) in [6, 6.07) is 8.28. The number of nitrogens with zero attached hydrogens (tertiary/aromatic N) is 1. The summed E-state index contributed by atoms with van der Waals surface area (Å²) in [5.41, 5.74) is 0.339. The van der Waals surface area contributed by atoms with E-state index in [1.165, 1.54) is 6.07 Å². The molecule has 2 aliphatic rings. The number of H-pyrrole nitrogens is 1. The Morgan fingerprint density at radius 2 is 2.04 bits per heavy atom. The first-order valence-electron chi connectivity index (χ1n) is 9.34.